The zero-order valence-corrected chi connectivity index (χ0v) is 9.48. The first-order chi connectivity index (χ1) is 5.87. The molecule has 1 nitrogen and oxygen atoms in total. The molecule has 2 bridgehead atoms. The molecule has 2 saturated carbocycles. The lowest BCUT2D eigenvalue weighted by molar-refractivity contribution is 0.0319. The fraction of sp³-hybridized carbons (Fsp3) is 1.00. The van der Waals surface area contributed by atoms with Gasteiger partial charge in [-0.25, -0.2) is 0 Å². The lowest BCUT2D eigenvalue weighted by Crippen LogP contribution is -2.46. The molecule has 2 atom stereocenters. The molecule has 0 aromatic rings. The van der Waals surface area contributed by atoms with Crippen LogP contribution in [0.1, 0.15) is 47.0 Å². The lowest BCUT2D eigenvalue weighted by atomic mass is 9.59. The maximum Gasteiger partial charge on any atom is -0.00102 e. The summed E-state index contributed by atoms with van der Waals surface area (Å²) in [6.45, 7) is 10.6. The smallest absolute Gasteiger partial charge is 0.00102 e. The van der Waals surface area contributed by atoms with E-state index >= 15 is 0 Å². The van der Waals surface area contributed by atoms with Gasteiger partial charge in [-0.05, 0) is 48.0 Å². The van der Waals surface area contributed by atoms with Crippen LogP contribution in [0.3, 0.4) is 0 Å². The Kier molecular flexibility index (Phi) is 1.69. The third-order valence-electron chi connectivity index (χ3n) is 5.57. The van der Waals surface area contributed by atoms with E-state index in [1.165, 1.54) is 19.3 Å². The van der Waals surface area contributed by atoms with Crippen molar-refractivity contribution in [2.75, 3.05) is 6.54 Å². The molecule has 0 amide bonds. The molecule has 13 heavy (non-hydrogen) atoms. The van der Waals surface area contributed by atoms with E-state index in [9.17, 15) is 0 Å². The van der Waals surface area contributed by atoms with Gasteiger partial charge in [0.2, 0.25) is 0 Å². The number of nitrogens with two attached hydrogens (primary N) is 1. The number of hydrogen-bond donors (Lipinski definition) is 1. The number of rotatable bonds is 1. The number of fused-ring (bicyclic) bond motifs is 2. The summed E-state index contributed by atoms with van der Waals surface area (Å²) in [5.41, 5.74) is 7.42. The molecule has 1 heteroatoms. The fourth-order valence-corrected chi connectivity index (χ4v) is 4.51. The SMILES string of the molecule is CC1(C)CC2CCC1(CN)C2(C)C. The van der Waals surface area contributed by atoms with Gasteiger partial charge < -0.3 is 5.73 Å². The summed E-state index contributed by atoms with van der Waals surface area (Å²) < 4.78 is 0. The fourth-order valence-electron chi connectivity index (χ4n) is 4.51. The molecular weight excluding hydrogens is 158 g/mol. The van der Waals surface area contributed by atoms with E-state index in [0.717, 1.165) is 12.5 Å². The van der Waals surface area contributed by atoms with Gasteiger partial charge in [0.15, 0.2) is 0 Å². The zero-order valence-electron chi connectivity index (χ0n) is 9.48. The third-order valence-corrected chi connectivity index (χ3v) is 5.57. The Balaban J connectivity index is 2.48. The van der Waals surface area contributed by atoms with Gasteiger partial charge in [0, 0.05) is 0 Å². The molecule has 0 radical (unpaired) electrons. The molecular formula is C12H23N. The highest BCUT2D eigenvalue weighted by atomic mass is 14.8. The van der Waals surface area contributed by atoms with Crippen LogP contribution in [-0.4, -0.2) is 6.54 Å². The molecule has 0 spiro atoms. The standard InChI is InChI=1S/C12H23N/c1-10(2)7-9-5-6-12(10,8-13)11(9,3)4/h9H,5-8,13H2,1-4H3. The van der Waals surface area contributed by atoms with Gasteiger partial charge in [-0.1, -0.05) is 27.7 Å². The molecule has 2 unspecified atom stereocenters. The summed E-state index contributed by atoms with van der Waals surface area (Å²) in [7, 11) is 0. The van der Waals surface area contributed by atoms with Crippen molar-refractivity contribution in [2.45, 2.75) is 47.0 Å². The van der Waals surface area contributed by atoms with E-state index in [-0.39, 0.29) is 0 Å². The van der Waals surface area contributed by atoms with Crippen LogP contribution < -0.4 is 5.73 Å². The quantitative estimate of drug-likeness (QED) is 0.661. The summed E-state index contributed by atoms with van der Waals surface area (Å²) >= 11 is 0. The largest absolute Gasteiger partial charge is 0.330 e. The first-order valence-corrected chi connectivity index (χ1v) is 5.57. The average molecular weight is 181 g/mol. The van der Waals surface area contributed by atoms with Crippen LogP contribution in [0.15, 0.2) is 0 Å². The Hall–Kier alpha value is -0.0400. The Labute approximate surface area is 82.1 Å². The molecule has 0 heterocycles. The predicted octanol–water partition coefficient (Wildman–Crippen LogP) is 2.80. The Morgan fingerprint density at radius 2 is 1.85 bits per heavy atom. The first kappa shape index (κ1) is 9.51. The van der Waals surface area contributed by atoms with Gasteiger partial charge in [0.25, 0.3) is 0 Å². The van der Waals surface area contributed by atoms with Crippen LogP contribution in [0.5, 0.6) is 0 Å². The van der Waals surface area contributed by atoms with Crippen LogP contribution in [0.25, 0.3) is 0 Å². The molecule has 2 rings (SSSR count). The van der Waals surface area contributed by atoms with Crippen LogP contribution >= 0.6 is 0 Å². The summed E-state index contributed by atoms with van der Waals surface area (Å²) in [6.07, 6.45) is 4.15. The van der Waals surface area contributed by atoms with Gasteiger partial charge >= 0.3 is 0 Å². The predicted molar refractivity (Wildman–Crippen MR) is 56.4 cm³/mol. The zero-order chi connectivity index (χ0) is 9.91. The van der Waals surface area contributed by atoms with Crippen LogP contribution in [0, 0.1) is 22.2 Å². The summed E-state index contributed by atoms with van der Waals surface area (Å²) in [4.78, 5) is 0. The highest BCUT2D eigenvalue weighted by Gasteiger charge is 2.66. The van der Waals surface area contributed by atoms with Crippen molar-refractivity contribution in [3.05, 3.63) is 0 Å². The lowest BCUT2D eigenvalue weighted by Gasteiger charge is -2.47. The highest BCUT2D eigenvalue weighted by molar-refractivity contribution is 5.16. The molecule has 0 aromatic heterocycles. The second-order valence-corrected chi connectivity index (χ2v) is 6.33. The van der Waals surface area contributed by atoms with E-state index in [1.54, 1.807) is 0 Å². The van der Waals surface area contributed by atoms with Gasteiger partial charge in [-0.3, -0.25) is 0 Å². The molecule has 0 aliphatic heterocycles. The second kappa shape index (κ2) is 2.31. The van der Waals surface area contributed by atoms with E-state index in [0.29, 0.717) is 16.2 Å². The van der Waals surface area contributed by atoms with Crippen LogP contribution in [0.2, 0.25) is 0 Å². The number of hydrogen-bond acceptors (Lipinski definition) is 1. The molecule has 2 fully saturated rings. The van der Waals surface area contributed by atoms with E-state index < -0.39 is 0 Å². The molecule has 0 saturated heterocycles. The topological polar surface area (TPSA) is 26.0 Å². The van der Waals surface area contributed by atoms with Crippen molar-refractivity contribution in [1.29, 1.82) is 0 Å². The Bertz CT molecular complexity index is 229. The molecule has 2 aliphatic rings. The maximum absolute atomic E-state index is 6.06. The third kappa shape index (κ3) is 0.823. The minimum atomic E-state index is 0.421. The van der Waals surface area contributed by atoms with Crippen molar-refractivity contribution >= 4 is 0 Å². The van der Waals surface area contributed by atoms with Crippen LogP contribution in [-0.2, 0) is 0 Å². The summed E-state index contributed by atoms with van der Waals surface area (Å²) in [6, 6.07) is 0. The van der Waals surface area contributed by atoms with Crippen molar-refractivity contribution in [1.82, 2.24) is 0 Å². The van der Waals surface area contributed by atoms with Gasteiger partial charge in [-0.2, -0.15) is 0 Å². The van der Waals surface area contributed by atoms with E-state index in [1.807, 2.05) is 0 Å². The van der Waals surface area contributed by atoms with Gasteiger partial charge in [0.1, 0.15) is 0 Å². The van der Waals surface area contributed by atoms with Gasteiger partial charge in [-0.15, -0.1) is 0 Å². The van der Waals surface area contributed by atoms with Crippen molar-refractivity contribution in [2.24, 2.45) is 27.9 Å². The Morgan fingerprint density at radius 1 is 1.23 bits per heavy atom. The average Bonchev–Trinajstić information content (AvgIpc) is 2.32. The van der Waals surface area contributed by atoms with E-state index in [4.69, 9.17) is 5.73 Å². The second-order valence-electron chi connectivity index (χ2n) is 6.33. The summed E-state index contributed by atoms with van der Waals surface area (Å²) in [5.74, 6) is 0.922. The van der Waals surface area contributed by atoms with Gasteiger partial charge in [0.05, 0.1) is 0 Å². The van der Waals surface area contributed by atoms with Crippen molar-refractivity contribution < 1.29 is 0 Å². The first-order valence-electron chi connectivity index (χ1n) is 5.57. The maximum atomic E-state index is 6.06. The Morgan fingerprint density at radius 3 is 2.08 bits per heavy atom. The monoisotopic (exact) mass is 181 g/mol. The van der Waals surface area contributed by atoms with Crippen LogP contribution in [0.4, 0.5) is 0 Å². The normalized spacial score (nSPS) is 45.5. The minimum Gasteiger partial charge on any atom is -0.330 e. The van der Waals surface area contributed by atoms with Crippen molar-refractivity contribution in [3.63, 3.8) is 0 Å². The molecule has 0 aromatic carbocycles. The summed E-state index contributed by atoms with van der Waals surface area (Å²) in [5, 5.41) is 0. The van der Waals surface area contributed by atoms with Crippen molar-refractivity contribution in [3.8, 4) is 0 Å². The minimum absolute atomic E-state index is 0.421. The molecule has 2 N–H and O–H groups in total. The highest BCUT2D eigenvalue weighted by Crippen LogP contribution is 2.72. The molecule has 2 aliphatic carbocycles. The van der Waals surface area contributed by atoms with E-state index in [2.05, 4.69) is 27.7 Å². The molecule has 76 valence electrons.